The Morgan fingerprint density at radius 3 is 2.23 bits per heavy atom. The molecule has 5 aliphatic carbocycles. The van der Waals surface area contributed by atoms with Gasteiger partial charge in [0.25, 0.3) is 0 Å². The van der Waals surface area contributed by atoms with Gasteiger partial charge < -0.3 is 4.74 Å². The third-order valence-corrected chi connectivity index (χ3v) is 13.0. The molecule has 0 unspecified atom stereocenters. The number of fused-ring (bicyclic) bond motifs is 7. The minimum Gasteiger partial charge on any atom is -0.469 e. The lowest BCUT2D eigenvalue weighted by atomic mass is 9.33. The zero-order valence-corrected chi connectivity index (χ0v) is 23.3. The highest BCUT2D eigenvalue weighted by Crippen LogP contribution is 2.74. The predicted octanol–water partition coefficient (Wildman–Crippen LogP) is 6.71. The van der Waals surface area contributed by atoms with Gasteiger partial charge in [-0.1, -0.05) is 47.1 Å². The minimum atomic E-state index is -0.490. The molecule has 0 N–H and O–H groups in total. The van der Waals surface area contributed by atoms with Crippen molar-refractivity contribution in [2.75, 3.05) is 7.11 Å². The van der Waals surface area contributed by atoms with E-state index in [9.17, 15) is 14.4 Å². The molecule has 8 atom stereocenters. The number of hydrogen-bond acceptors (Lipinski definition) is 4. The number of allylic oxidation sites excluding steroid dienone is 2. The fourth-order valence-electron chi connectivity index (χ4n) is 10.4. The Kier molecular flexibility index (Phi) is 5.27. The molecule has 5 aliphatic rings. The maximum absolute atomic E-state index is 14.3. The Morgan fingerprint density at radius 2 is 1.57 bits per heavy atom. The van der Waals surface area contributed by atoms with Crippen molar-refractivity contribution < 1.29 is 19.1 Å². The van der Waals surface area contributed by atoms with Gasteiger partial charge in [0, 0.05) is 17.8 Å². The fraction of sp³-hybridized carbons (Fsp3) is 0.839. The van der Waals surface area contributed by atoms with Gasteiger partial charge in [0.05, 0.1) is 12.5 Å². The van der Waals surface area contributed by atoms with Gasteiger partial charge in [-0.05, 0) is 97.9 Å². The van der Waals surface area contributed by atoms with Crippen LogP contribution in [0.4, 0.5) is 0 Å². The second-order valence-corrected chi connectivity index (χ2v) is 14.9. The van der Waals surface area contributed by atoms with E-state index >= 15 is 0 Å². The Morgan fingerprint density at radius 1 is 0.914 bits per heavy atom. The van der Waals surface area contributed by atoms with Crippen LogP contribution in [0.15, 0.2) is 11.6 Å². The lowest BCUT2D eigenvalue weighted by Crippen LogP contribution is -2.66. The Hall–Kier alpha value is -1.45. The molecule has 0 radical (unpaired) electrons. The van der Waals surface area contributed by atoms with Crippen molar-refractivity contribution in [3.8, 4) is 0 Å². The monoisotopic (exact) mass is 482 g/mol. The number of methoxy groups -OCH3 is 1. The molecule has 194 valence electrons. The predicted molar refractivity (Wildman–Crippen MR) is 136 cm³/mol. The van der Waals surface area contributed by atoms with Crippen LogP contribution in [-0.2, 0) is 19.1 Å². The summed E-state index contributed by atoms with van der Waals surface area (Å²) in [5, 5.41) is 0. The molecular weight excluding hydrogens is 436 g/mol. The molecule has 0 bridgehead atoms. The van der Waals surface area contributed by atoms with E-state index in [2.05, 4.69) is 54.5 Å². The van der Waals surface area contributed by atoms with E-state index in [4.69, 9.17) is 4.74 Å². The summed E-state index contributed by atoms with van der Waals surface area (Å²) in [6.45, 7) is 15.9. The Balaban J connectivity index is 1.62. The quantitative estimate of drug-likeness (QED) is 0.390. The molecule has 4 heteroatoms. The van der Waals surface area contributed by atoms with Crippen LogP contribution < -0.4 is 0 Å². The van der Waals surface area contributed by atoms with E-state index in [1.165, 1.54) is 12.7 Å². The standard InChI is InChI=1S/C31H46O4/c1-26(2)22-9-12-31(7)24(29(22,5)11-10-23(26)33)21(32)17-19-20-18-28(4,25(34)35-8)14-13-27(20,3)15-16-30(19,31)6/h17,20,22,24H,9-16,18H2,1-8H3/t20-,22+,24+,27-,28-,29-,30+,31-/m0/s1. The summed E-state index contributed by atoms with van der Waals surface area (Å²) < 4.78 is 5.24. The van der Waals surface area contributed by atoms with Gasteiger partial charge in [-0.25, -0.2) is 0 Å². The van der Waals surface area contributed by atoms with Crippen LogP contribution in [0.2, 0.25) is 0 Å². The van der Waals surface area contributed by atoms with Gasteiger partial charge in [0.1, 0.15) is 5.78 Å². The molecule has 0 saturated heterocycles. The molecule has 0 aromatic carbocycles. The highest BCUT2D eigenvalue weighted by molar-refractivity contribution is 5.96. The third-order valence-electron chi connectivity index (χ3n) is 13.0. The second-order valence-electron chi connectivity index (χ2n) is 14.9. The van der Waals surface area contributed by atoms with Crippen LogP contribution in [-0.4, -0.2) is 24.6 Å². The van der Waals surface area contributed by atoms with Gasteiger partial charge in [-0.3, -0.25) is 14.4 Å². The van der Waals surface area contributed by atoms with Gasteiger partial charge in [-0.2, -0.15) is 0 Å². The molecule has 0 amide bonds. The van der Waals surface area contributed by atoms with Crippen molar-refractivity contribution in [3.05, 3.63) is 11.6 Å². The topological polar surface area (TPSA) is 60.4 Å². The first-order valence-electron chi connectivity index (χ1n) is 14.0. The van der Waals surface area contributed by atoms with Crippen LogP contribution >= 0.6 is 0 Å². The number of carbonyl (C=O) groups excluding carboxylic acids is 3. The Labute approximate surface area is 212 Å². The Bertz CT molecular complexity index is 1020. The first kappa shape index (κ1) is 25.2. The first-order chi connectivity index (χ1) is 16.1. The molecular formula is C31H46O4. The van der Waals surface area contributed by atoms with Crippen LogP contribution in [0.25, 0.3) is 0 Å². The summed E-state index contributed by atoms with van der Waals surface area (Å²) in [6.07, 6.45) is 10.3. The molecule has 35 heavy (non-hydrogen) atoms. The zero-order valence-electron chi connectivity index (χ0n) is 23.3. The van der Waals surface area contributed by atoms with Crippen molar-refractivity contribution in [2.24, 2.45) is 50.2 Å². The summed E-state index contributed by atoms with van der Waals surface area (Å²) in [6, 6.07) is 0. The van der Waals surface area contributed by atoms with Crippen molar-refractivity contribution in [2.45, 2.75) is 106 Å². The second kappa shape index (κ2) is 7.32. The van der Waals surface area contributed by atoms with Crippen molar-refractivity contribution >= 4 is 17.5 Å². The van der Waals surface area contributed by atoms with Crippen molar-refractivity contribution in [1.29, 1.82) is 0 Å². The SMILES string of the molecule is COC(=O)[C@@]1(C)CC[C@@]2(C)CC[C@]3(C)C(=CC(=O)[C@@H]4[C@@]5(C)CCC(=O)C(C)(C)[C@H]5CC[C@@]43C)[C@@H]2C1. The third kappa shape index (κ3) is 3.00. The molecule has 0 aliphatic heterocycles. The molecule has 0 aromatic rings. The van der Waals surface area contributed by atoms with Gasteiger partial charge >= 0.3 is 5.97 Å². The average Bonchev–Trinajstić information content (AvgIpc) is 2.78. The largest absolute Gasteiger partial charge is 0.469 e. The highest BCUT2D eigenvalue weighted by atomic mass is 16.5. The van der Waals surface area contributed by atoms with Gasteiger partial charge in [0.2, 0.25) is 0 Å². The molecule has 0 spiro atoms. The molecule has 5 rings (SSSR count). The summed E-state index contributed by atoms with van der Waals surface area (Å²) >= 11 is 0. The first-order valence-corrected chi connectivity index (χ1v) is 14.0. The van der Waals surface area contributed by atoms with Crippen LogP contribution in [0, 0.1) is 50.2 Å². The minimum absolute atomic E-state index is 0.0465. The van der Waals surface area contributed by atoms with E-state index in [1.54, 1.807) is 0 Å². The van der Waals surface area contributed by atoms with E-state index in [0.29, 0.717) is 12.2 Å². The van der Waals surface area contributed by atoms with Crippen molar-refractivity contribution in [3.63, 3.8) is 0 Å². The molecule has 0 heterocycles. The smallest absolute Gasteiger partial charge is 0.311 e. The maximum Gasteiger partial charge on any atom is 0.311 e. The number of esters is 1. The van der Waals surface area contributed by atoms with Crippen LogP contribution in [0.5, 0.6) is 0 Å². The highest BCUT2D eigenvalue weighted by Gasteiger charge is 2.70. The lowest BCUT2D eigenvalue weighted by Gasteiger charge is -2.69. The number of hydrogen-bond donors (Lipinski definition) is 0. The van der Waals surface area contributed by atoms with Gasteiger partial charge in [0.15, 0.2) is 5.78 Å². The van der Waals surface area contributed by atoms with Gasteiger partial charge in [-0.15, -0.1) is 0 Å². The van der Waals surface area contributed by atoms with Crippen LogP contribution in [0.1, 0.15) is 106 Å². The number of ketones is 2. The van der Waals surface area contributed by atoms with E-state index in [0.717, 1.165) is 51.4 Å². The van der Waals surface area contributed by atoms with Crippen molar-refractivity contribution in [1.82, 2.24) is 0 Å². The molecule has 4 fully saturated rings. The molecule has 4 saturated carbocycles. The lowest BCUT2D eigenvalue weighted by molar-refractivity contribution is -0.188. The zero-order chi connectivity index (χ0) is 25.8. The van der Waals surface area contributed by atoms with E-state index in [1.807, 2.05) is 0 Å². The summed E-state index contributed by atoms with van der Waals surface area (Å²) in [5.74, 6) is 0.980. The fourth-order valence-corrected chi connectivity index (χ4v) is 10.4. The summed E-state index contributed by atoms with van der Waals surface area (Å²) in [5.41, 5.74) is 0.244. The van der Waals surface area contributed by atoms with E-state index < -0.39 is 5.41 Å². The maximum atomic E-state index is 14.3. The molecule has 4 nitrogen and oxygen atoms in total. The normalized spacial score (nSPS) is 50.7. The molecule has 0 aromatic heterocycles. The van der Waals surface area contributed by atoms with E-state index in [-0.39, 0.29) is 56.6 Å². The average molecular weight is 483 g/mol. The number of rotatable bonds is 1. The number of ether oxygens (including phenoxy) is 1. The number of Topliss-reactive ketones (excluding diaryl/α,β-unsaturated/α-hetero) is 1. The van der Waals surface area contributed by atoms with Crippen LogP contribution in [0.3, 0.4) is 0 Å². The summed E-state index contributed by atoms with van der Waals surface area (Å²) in [7, 11) is 1.50. The summed E-state index contributed by atoms with van der Waals surface area (Å²) in [4.78, 5) is 40.0. The number of carbonyl (C=O) groups is 3.